The number of nitrogens with one attached hydrogen (secondary N) is 9. The number of phenols is 3. The Morgan fingerprint density at radius 2 is 1.38 bits per heavy atom. The van der Waals surface area contributed by atoms with Crippen molar-refractivity contribution in [3.05, 3.63) is 169 Å². The average molecular weight is 2060 g/mol. The number of aliphatic hydroxyl groups is 6. The van der Waals surface area contributed by atoms with E-state index in [0.717, 1.165) is 83.0 Å². The maximum atomic E-state index is 16.4. The summed E-state index contributed by atoms with van der Waals surface area (Å²) in [6, 6.07) is 2.97. The van der Waals surface area contributed by atoms with Crippen LogP contribution in [0, 0.1) is 5.92 Å². The summed E-state index contributed by atoms with van der Waals surface area (Å²) in [5.41, 5.74) is 13.2. The largest absolute Gasteiger partial charge is 0.543 e. The van der Waals surface area contributed by atoms with E-state index in [9.17, 15) is 75.0 Å². The number of nitrogens with zero attached hydrogens (tertiary/aromatic N) is 4. The first kappa shape index (κ1) is 105. The summed E-state index contributed by atoms with van der Waals surface area (Å²) in [4.78, 5) is 173. The monoisotopic (exact) mass is 2050 g/mol. The Morgan fingerprint density at radius 1 is 0.746 bits per heavy atom. The third-order valence-electron chi connectivity index (χ3n) is 23.4. The number of β-lactam (4-membered cyclic amide) rings is 1. The molecule has 51 heteroatoms. The number of thiazole rings is 1. The number of carbonyl (C=O) groups excluding carboxylic acids is 11. The standard InChI is InChI=1S/C87H95Cl3N16O28S2.2ClH/c1-33(2)20-45(94-5)74(117)100-62-66(112)36-11-14-50(43(88)22-36)130-52-24-38-25-53(70(52)134-85-71(69(115)68(114)54(31-107)132-85)133-56-29-87(4,93)72(116)34(3)129-56)131-51-15-12-37(23-44(51)89)67(113)63-81(124)99-59(42-26-41(48(109)28-49(42)110)40-21-35(10-13-47(40)108)57(77(120)101-63)98-78(121)58(38)97-75(118)46(27-55(91)111)96-80(62)123)76(119)95-16-9-19-128-104-61(60-73(90)136-86(92)103-60)79(122)102-64-82(125)106-65(84(126)127)39(32-135-83(64)106)30-105-17-7-6-8-18-105;;/h6-8,10-15,17-18,21-26,28,33-34,45-46,54,56-59,62-64,66-69,71-72,83,85,94,107,112-116H,9,16,19-20,27,29-32,93H2,1-5H3,(H15-,91,92,95,96,97,98,99,100,101,102,103,104,108,109,110,111,117,118,119,120,121,122,123,124,126,127);2*1H/t34-,45+,46-,54+,56-,57+,58+,59-,62+,63?,64+,66+,67+,68+,69-,71+,72+,83+,85-,87-;;/m0../s1. The molecule has 2 aromatic heterocycles. The van der Waals surface area contributed by atoms with Gasteiger partial charge in [-0.1, -0.05) is 89.4 Å². The number of rotatable bonds is 24. The summed E-state index contributed by atoms with van der Waals surface area (Å²) in [5, 5.41) is 144. The highest BCUT2D eigenvalue weighted by Crippen LogP contribution is 2.51. The molecule has 13 bridgehead atoms. The fraction of sp³-hybridized carbons (Fsp3) is 0.402. The fourth-order valence-corrected chi connectivity index (χ4v) is 19.1. The number of pyridine rings is 1. The molecule has 0 saturated carbocycles. The normalized spacial score (nSPS) is 26.7. The quantitative estimate of drug-likeness (QED) is 0.0123. The number of aromatic hydroxyl groups is 3. The second-order valence-corrected chi connectivity index (χ2v) is 37.2. The van der Waals surface area contributed by atoms with Crippen LogP contribution in [0.15, 0.2) is 126 Å². The van der Waals surface area contributed by atoms with Gasteiger partial charge in [0, 0.05) is 71.1 Å². The maximum Gasteiger partial charge on any atom is 0.276 e. The number of carboxylic acids is 1. The van der Waals surface area contributed by atoms with Crippen LogP contribution >= 0.6 is 82.7 Å². The van der Waals surface area contributed by atoms with Gasteiger partial charge in [0.1, 0.15) is 124 Å². The van der Waals surface area contributed by atoms with Gasteiger partial charge < -0.3 is 154 Å². The van der Waals surface area contributed by atoms with Gasteiger partial charge in [0.15, 0.2) is 53.7 Å². The van der Waals surface area contributed by atoms with Gasteiger partial charge in [0.25, 0.3) is 11.8 Å². The molecule has 0 spiro atoms. The van der Waals surface area contributed by atoms with Crippen molar-refractivity contribution in [1.29, 1.82) is 0 Å². The van der Waals surface area contributed by atoms with E-state index >= 15 is 28.8 Å². The van der Waals surface area contributed by atoms with Gasteiger partial charge in [-0.25, -0.2) is 9.55 Å². The van der Waals surface area contributed by atoms with Crippen LogP contribution in [0.25, 0.3) is 11.1 Å². The predicted molar refractivity (Wildman–Crippen MR) is 491 cm³/mol. The minimum absolute atomic E-state index is 0. The molecular formula is C87H97Cl5N16O28S2. The lowest BCUT2D eigenvalue weighted by atomic mass is 9.86. The Kier molecular flexibility index (Phi) is 33.6. The van der Waals surface area contributed by atoms with Crippen molar-refractivity contribution in [3.8, 4) is 57.1 Å². The van der Waals surface area contributed by atoms with Crippen molar-refractivity contribution in [2.75, 3.05) is 38.3 Å². The molecule has 24 N–H and O–H groups in total. The Balaban J connectivity index is 0.00000854. The molecule has 10 amide bonds. The van der Waals surface area contributed by atoms with E-state index in [1.807, 2.05) is 0 Å². The molecule has 3 fully saturated rings. The molecular weight excluding hydrogens is 1960 g/mol. The topological polar surface area (TPSA) is 676 Å². The Morgan fingerprint density at radius 3 is 2.00 bits per heavy atom. The second kappa shape index (κ2) is 44.1. The number of hydrogen-bond donors (Lipinski definition) is 21. The Bertz CT molecular complexity index is 5940. The number of primary amides is 1. The van der Waals surface area contributed by atoms with Crippen LogP contribution in [0.3, 0.4) is 0 Å². The molecule has 20 atom stereocenters. The molecule has 16 rings (SSSR count). The molecule has 5 aromatic carbocycles. The highest BCUT2D eigenvalue weighted by molar-refractivity contribution is 8.00. The molecule has 0 aliphatic carbocycles. The highest BCUT2D eigenvalue weighted by Gasteiger charge is 2.55. The molecule has 1 unspecified atom stereocenters. The Labute approximate surface area is 820 Å². The number of aliphatic carboxylic acids is 1. The first-order valence-electron chi connectivity index (χ1n) is 42.4. The lowest BCUT2D eigenvalue weighted by molar-refractivity contribution is -0.689. The summed E-state index contributed by atoms with van der Waals surface area (Å²) in [6.07, 6.45) is -16.0. The molecule has 3 saturated heterocycles. The van der Waals surface area contributed by atoms with Crippen LogP contribution in [0.5, 0.6) is 46.0 Å². The zero-order chi connectivity index (χ0) is 98.1. The van der Waals surface area contributed by atoms with Crippen molar-refractivity contribution < 1.29 is 142 Å². The summed E-state index contributed by atoms with van der Waals surface area (Å²) in [5.74, 6) is -19.2. The number of benzene rings is 5. The predicted octanol–water partition coefficient (Wildman–Crippen LogP) is -0.124. The Hall–Kier alpha value is -11.8. The second-order valence-electron chi connectivity index (χ2n) is 33.6. The van der Waals surface area contributed by atoms with E-state index in [1.54, 1.807) is 49.0 Å². The van der Waals surface area contributed by atoms with Crippen LogP contribution in [-0.2, 0) is 78.3 Å². The molecule has 44 nitrogen and oxygen atoms in total. The summed E-state index contributed by atoms with van der Waals surface area (Å²) < 4.78 is 40.3. The number of thioether (sulfide) groups is 1. The van der Waals surface area contributed by atoms with Crippen LogP contribution in [0.2, 0.25) is 14.4 Å². The van der Waals surface area contributed by atoms with Gasteiger partial charge in [0.05, 0.1) is 53.0 Å². The third kappa shape index (κ3) is 22.7. The number of oxime groups is 1. The number of aliphatic hydroxyl groups excluding tert-OH is 6. The minimum Gasteiger partial charge on any atom is -0.543 e. The molecule has 11 heterocycles. The lowest BCUT2D eigenvalue weighted by Gasteiger charge is -2.50. The summed E-state index contributed by atoms with van der Waals surface area (Å²) >= 11 is 22.8. The molecule has 9 aliphatic heterocycles. The molecule has 740 valence electrons. The van der Waals surface area contributed by atoms with E-state index in [1.165, 1.54) is 44.8 Å². The van der Waals surface area contributed by atoms with E-state index in [2.05, 4.69) is 58.0 Å². The molecule has 0 radical (unpaired) electrons. The number of phenolic OH excluding ortho intramolecular Hbond substituents is 3. The van der Waals surface area contributed by atoms with Crippen LogP contribution < -0.4 is 88.9 Å². The summed E-state index contributed by atoms with van der Waals surface area (Å²) in [7, 11) is 1.46. The number of aromatic nitrogens is 2. The summed E-state index contributed by atoms with van der Waals surface area (Å²) in [6.45, 7) is 4.80. The van der Waals surface area contributed by atoms with E-state index < -0.39 is 290 Å². The lowest BCUT2D eigenvalue weighted by Crippen LogP contribution is -2.71. The van der Waals surface area contributed by atoms with Gasteiger partial charge in [-0.15, -0.1) is 36.6 Å². The number of ether oxygens (including phenoxy) is 6. The number of fused-ring (bicyclic) bond motifs is 17. The number of anilines is 1. The first-order valence-corrected chi connectivity index (χ1v) is 45.4. The number of halogens is 5. The van der Waals surface area contributed by atoms with Gasteiger partial charge >= 0.3 is 0 Å². The fourth-order valence-electron chi connectivity index (χ4n) is 16.4. The SMILES string of the molecule is CN[C@H](CC(C)C)C(=O)N[C@H]1C(=O)N[C@@H](CC(N)=O)C(=O)N[C@H]2C(=O)N[C@H]3C(=O)NC(C(=O)N[C@H](C(=O)NCCCO/N=C(\C(=O)N[C@@H]4C(=O)N5C(C(=O)[O-])=C(C[n+]6ccccc6)CS[C@H]45)c4nc(N)sc4Cl)c4cc(c(O)cc4O)-c4cc3ccc4O)[C@H](O)c3ccc(c(Cl)c3)Oc3cc2cc(c3O[C@@H]2O[C@H](CO)[C@@H](O)[C@H](O)[C@H]2O[C@H]2C[C@](C)(N)[C@H](O)[C@H](C)O2)Oc2ccc(cc2Cl)[C@H]1O.Cl.Cl. The number of likely N-dealkylation sites (N-methyl/N-ethyl adjacent to an activating group) is 1. The van der Waals surface area contributed by atoms with Gasteiger partial charge in [0.2, 0.25) is 59.3 Å². The number of nitrogens with two attached hydrogens (primary N) is 3. The maximum absolute atomic E-state index is 16.4. The first-order chi connectivity index (χ1) is 64.6. The molecule has 138 heavy (non-hydrogen) atoms. The van der Waals surface area contributed by atoms with Crippen LogP contribution in [0.1, 0.15) is 117 Å². The van der Waals surface area contributed by atoms with Crippen molar-refractivity contribution in [2.45, 2.75) is 181 Å². The van der Waals surface area contributed by atoms with Crippen molar-refractivity contribution in [2.24, 2.45) is 22.5 Å². The number of carbonyl (C=O) groups is 11. The smallest absolute Gasteiger partial charge is 0.276 e. The molecule has 9 aliphatic rings. The number of hydrogen-bond acceptors (Lipinski definition) is 35. The van der Waals surface area contributed by atoms with Gasteiger partial charge in [-0.3, -0.25) is 52.8 Å². The van der Waals surface area contributed by atoms with E-state index in [-0.39, 0.29) is 106 Å². The van der Waals surface area contributed by atoms with Crippen LogP contribution in [-0.4, -0.2) is 249 Å². The van der Waals surface area contributed by atoms with Crippen LogP contribution in [0.4, 0.5) is 5.13 Å². The number of nitrogen functional groups attached to an aromatic ring is 1. The third-order valence-corrected chi connectivity index (χ3v) is 26.4. The number of amides is 10. The van der Waals surface area contributed by atoms with E-state index in [0.29, 0.717) is 5.57 Å². The van der Waals surface area contributed by atoms with Crippen molar-refractivity contribution >= 4 is 159 Å². The molecule has 7 aromatic rings. The van der Waals surface area contributed by atoms with Crippen molar-refractivity contribution in [1.82, 2.24) is 57.7 Å². The highest BCUT2D eigenvalue weighted by atomic mass is 35.5. The average Bonchev–Trinajstić information content (AvgIpc) is 0.748. The number of carboxylic acid groups (broad SMARTS) is 1. The minimum atomic E-state index is -2.41. The van der Waals surface area contributed by atoms with Gasteiger partial charge in [-0.2, -0.15) is 0 Å². The van der Waals surface area contributed by atoms with E-state index in [4.69, 9.17) is 85.3 Å². The van der Waals surface area contributed by atoms with Crippen molar-refractivity contribution in [3.63, 3.8) is 0 Å². The van der Waals surface area contributed by atoms with Gasteiger partial charge in [-0.05, 0) is 110 Å². The zero-order valence-electron chi connectivity index (χ0n) is 73.4. The zero-order valence-corrected chi connectivity index (χ0v) is 78.9.